The predicted octanol–water partition coefficient (Wildman–Crippen LogP) is 4.16. The van der Waals surface area contributed by atoms with Crippen molar-refractivity contribution in [1.29, 1.82) is 0 Å². The normalized spacial score (nSPS) is 20.9. The molecule has 0 aromatic heterocycles. The minimum Gasteiger partial charge on any atom is -0.376 e. The maximum atomic E-state index is 12.3. The summed E-state index contributed by atoms with van der Waals surface area (Å²) in [6, 6.07) is 20.1. The van der Waals surface area contributed by atoms with Gasteiger partial charge in [-0.15, -0.1) is 0 Å². The summed E-state index contributed by atoms with van der Waals surface area (Å²) >= 11 is 0. The van der Waals surface area contributed by atoms with Crippen LogP contribution >= 0.6 is 0 Å². The Bertz CT molecular complexity index is 624. The van der Waals surface area contributed by atoms with E-state index in [0.29, 0.717) is 32.2 Å². The van der Waals surface area contributed by atoms with Crippen LogP contribution in [0.3, 0.4) is 0 Å². The number of benzene rings is 2. The van der Waals surface area contributed by atoms with Crippen LogP contribution in [0.2, 0.25) is 0 Å². The molecule has 2 atom stereocenters. The highest BCUT2D eigenvalue weighted by Crippen LogP contribution is 2.25. The first kappa shape index (κ1) is 16.9. The molecule has 126 valence electrons. The van der Waals surface area contributed by atoms with Crippen LogP contribution in [-0.2, 0) is 27.5 Å². The molecule has 2 unspecified atom stereocenters. The van der Waals surface area contributed by atoms with Crippen LogP contribution in [-0.4, -0.2) is 18.5 Å². The fraction of sp³-hybridized carbons (Fsp3) is 0.381. The van der Waals surface area contributed by atoms with Crippen molar-refractivity contribution < 1.29 is 14.3 Å². The number of hydrogen-bond acceptors (Lipinski definition) is 3. The molecule has 1 aliphatic rings. The van der Waals surface area contributed by atoms with Gasteiger partial charge in [0.05, 0.1) is 19.8 Å². The van der Waals surface area contributed by atoms with E-state index in [1.807, 2.05) is 48.5 Å². The van der Waals surface area contributed by atoms with Gasteiger partial charge >= 0.3 is 0 Å². The first-order valence-electron chi connectivity index (χ1n) is 8.61. The maximum absolute atomic E-state index is 12.3. The van der Waals surface area contributed by atoms with E-state index in [-0.39, 0.29) is 11.9 Å². The Labute approximate surface area is 143 Å². The van der Waals surface area contributed by atoms with E-state index in [2.05, 4.69) is 12.1 Å². The molecule has 0 bridgehead atoms. The van der Waals surface area contributed by atoms with Gasteiger partial charge in [0.15, 0.2) is 5.78 Å². The van der Waals surface area contributed by atoms with Crippen LogP contribution in [0.25, 0.3) is 0 Å². The van der Waals surface area contributed by atoms with Gasteiger partial charge in [-0.2, -0.15) is 0 Å². The van der Waals surface area contributed by atoms with Crippen molar-refractivity contribution in [3.63, 3.8) is 0 Å². The summed E-state index contributed by atoms with van der Waals surface area (Å²) in [6.07, 6.45) is 2.09. The van der Waals surface area contributed by atoms with Gasteiger partial charge in [0.25, 0.3) is 0 Å². The first-order chi connectivity index (χ1) is 11.8. The van der Waals surface area contributed by atoms with Crippen LogP contribution in [0.1, 0.15) is 30.4 Å². The van der Waals surface area contributed by atoms with Crippen LogP contribution in [0.15, 0.2) is 60.7 Å². The van der Waals surface area contributed by atoms with Crippen molar-refractivity contribution >= 4 is 5.78 Å². The zero-order chi connectivity index (χ0) is 16.6. The average Bonchev–Trinajstić information content (AvgIpc) is 2.63. The van der Waals surface area contributed by atoms with E-state index < -0.39 is 0 Å². The predicted molar refractivity (Wildman–Crippen MR) is 93.5 cm³/mol. The van der Waals surface area contributed by atoms with E-state index in [4.69, 9.17) is 9.47 Å². The Kier molecular flexibility index (Phi) is 6.16. The van der Waals surface area contributed by atoms with Crippen LogP contribution in [0, 0.1) is 5.92 Å². The average molecular weight is 324 g/mol. The standard InChI is InChI=1S/C21H24O3/c22-20-13-19(15-23-14-17-7-3-1-4-8-17)11-12-21(20)24-16-18-9-5-2-6-10-18/h1-10,19,21H,11-16H2. The quantitative estimate of drug-likeness (QED) is 0.767. The van der Waals surface area contributed by atoms with E-state index in [9.17, 15) is 4.79 Å². The summed E-state index contributed by atoms with van der Waals surface area (Å²) in [5.41, 5.74) is 2.28. The fourth-order valence-corrected chi connectivity index (χ4v) is 3.07. The second kappa shape index (κ2) is 8.76. The van der Waals surface area contributed by atoms with Crippen LogP contribution < -0.4 is 0 Å². The Morgan fingerprint density at radius 1 is 0.833 bits per heavy atom. The van der Waals surface area contributed by atoms with Gasteiger partial charge in [-0.05, 0) is 29.9 Å². The van der Waals surface area contributed by atoms with Gasteiger partial charge in [-0.1, -0.05) is 60.7 Å². The summed E-state index contributed by atoms with van der Waals surface area (Å²) in [7, 11) is 0. The summed E-state index contributed by atoms with van der Waals surface area (Å²) in [6.45, 7) is 1.76. The lowest BCUT2D eigenvalue weighted by molar-refractivity contribution is -0.137. The molecule has 3 rings (SSSR count). The summed E-state index contributed by atoms with van der Waals surface area (Å²) in [4.78, 5) is 12.3. The molecule has 0 radical (unpaired) electrons. The Balaban J connectivity index is 1.38. The molecule has 1 aliphatic carbocycles. The van der Waals surface area contributed by atoms with Gasteiger partial charge in [-0.3, -0.25) is 4.79 Å². The monoisotopic (exact) mass is 324 g/mol. The molecule has 2 aromatic rings. The van der Waals surface area contributed by atoms with Crippen LogP contribution in [0.5, 0.6) is 0 Å². The number of carbonyl (C=O) groups is 1. The first-order valence-corrected chi connectivity index (χ1v) is 8.61. The van der Waals surface area contributed by atoms with E-state index in [0.717, 1.165) is 18.4 Å². The molecule has 0 heterocycles. The number of ether oxygens (including phenoxy) is 2. The summed E-state index contributed by atoms with van der Waals surface area (Å²) < 4.78 is 11.6. The summed E-state index contributed by atoms with van der Waals surface area (Å²) in [5, 5.41) is 0. The van der Waals surface area contributed by atoms with Crippen molar-refractivity contribution in [3.8, 4) is 0 Å². The zero-order valence-corrected chi connectivity index (χ0v) is 13.9. The second-order valence-electron chi connectivity index (χ2n) is 6.40. The lowest BCUT2D eigenvalue weighted by atomic mass is 9.87. The van der Waals surface area contributed by atoms with Crippen molar-refractivity contribution in [3.05, 3.63) is 71.8 Å². The van der Waals surface area contributed by atoms with Crippen LogP contribution in [0.4, 0.5) is 0 Å². The highest BCUT2D eigenvalue weighted by Gasteiger charge is 2.29. The van der Waals surface area contributed by atoms with Crippen molar-refractivity contribution in [2.24, 2.45) is 5.92 Å². The molecule has 0 amide bonds. The van der Waals surface area contributed by atoms with E-state index in [1.54, 1.807) is 0 Å². The smallest absolute Gasteiger partial charge is 0.161 e. The lowest BCUT2D eigenvalue weighted by Crippen LogP contribution is -2.33. The second-order valence-corrected chi connectivity index (χ2v) is 6.40. The zero-order valence-electron chi connectivity index (χ0n) is 13.9. The third-order valence-electron chi connectivity index (χ3n) is 4.45. The molecule has 3 heteroatoms. The molecule has 0 N–H and O–H groups in total. The lowest BCUT2D eigenvalue weighted by Gasteiger charge is -2.27. The van der Waals surface area contributed by atoms with Gasteiger partial charge in [0.1, 0.15) is 6.10 Å². The highest BCUT2D eigenvalue weighted by molar-refractivity contribution is 5.84. The topological polar surface area (TPSA) is 35.5 Å². The molecule has 1 fully saturated rings. The SMILES string of the molecule is O=C1CC(COCc2ccccc2)CCC1OCc1ccccc1. The van der Waals surface area contributed by atoms with Crippen molar-refractivity contribution in [1.82, 2.24) is 0 Å². The number of ketones is 1. The summed E-state index contributed by atoms with van der Waals surface area (Å²) in [5.74, 6) is 0.531. The highest BCUT2D eigenvalue weighted by atomic mass is 16.5. The minimum absolute atomic E-state index is 0.213. The van der Waals surface area contributed by atoms with Gasteiger partial charge in [-0.25, -0.2) is 0 Å². The van der Waals surface area contributed by atoms with Gasteiger partial charge < -0.3 is 9.47 Å². The molecule has 1 saturated carbocycles. The maximum Gasteiger partial charge on any atom is 0.161 e. The molecule has 0 saturated heterocycles. The number of hydrogen-bond donors (Lipinski definition) is 0. The third kappa shape index (κ3) is 5.02. The van der Waals surface area contributed by atoms with E-state index >= 15 is 0 Å². The van der Waals surface area contributed by atoms with Crippen molar-refractivity contribution in [2.75, 3.05) is 6.61 Å². The Hall–Kier alpha value is -1.97. The third-order valence-corrected chi connectivity index (χ3v) is 4.45. The number of carbonyl (C=O) groups excluding carboxylic acids is 1. The number of rotatable bonds is 7. The van der Waals surface area contributed by atoms with Gasteiger partial charge in [0, 0.05) is 6.42 Å². The fourth-order valence-electron chi connectivity index (χ4n) is 3.07. The minimum atomic E-state index is -0.254. The molecule has 3 nitrogen and oxygen atoms in total. The molecule has 2 aromatic carbocycles. The van der Waals surface area contributed by atoms with Gasteiger partial charge in [0.2, 0.25) is 0 Å². The molecule has 0 aliphatic heterocycles. The molecule has 0 spiro atoms. The van der Waals surface area contributed by atoms with Crippen molar-refractivity contribution in [2.45, 2.75) is 38.6 Å². The largest absolute Gasteiger partial charge is 0.376 e. The van der Waals surface area contributed by atoms with E-state index in [1.165, 1.54) is 5.56 Å². The molecule has 24 heavy (non-hydrogen) atoms. The number of Topliss-reactive ketones (excluding diaryl/α,β-unsaturated/α-hetero) is 1. The molecular formula is C21H24O3. The Morgan fingerprint density at radius 3 is 2.08 bits per heavy atom. The molecular weight excluding hydrogens is 300 g/mol. The Morgan fingerprint density at radius 2 is 1.46 bits per heavy atom.